The highest BCUT2D eigenvalue weighted by Gasteiger charge is 2.30. The summed E-state index contributed by atoms with van der Waals surface area (Å²) in [6.45, 7) is 1.89. The SMILES string of the molecule is Cn1c([C@@H]2CCCCN2C(=O)CCCCCn2cccc2)nc2ccccc21. The number of fused-ring (bicyclic) bond motifs is 1. The number of para-hydroxylation sites is 2. The molecule has 1 atom stereocenters. The number of aromatic nitrogens is 3. The first kappa shape index (κ1) is 18.8. The normalized spacial score (nSPS) is 17.3. The lowest BCUT2D eigenvalue weighted by Gasteiger charge is -2.35. The van der Waals surface area contributed by atoms with Crippen LogP contribution in [-0.2, 0) is 18.4 Å². The predicted molar refractivity (Wildman–Crippen MR) is 112 cm³/mol. The smallest absolute Gasteiger partial charge is 0.223 e. The molecule has 0 bridgehead atoms. The molecule has 1 aliphatic heterocycles. The van der Waals surface area contributed by atoms with Gasteiger partial charge in [-0.15, -0.1) is 0 Å². The number of unbranched alkanes of at least 4 members (excludes halogenated alkanes) is 2. The number of piperidine rings is 1. The van der Waals surface area contributed by atoms with Crippen molar-refractivity contribution in [2.75, 3.05) is 6.54 Å². The molecule has 3 heterocycles. The van der Waals surface area contributed by atoms with Gasteiger partial charge in [0, 0.05) is 39.0 Å². The molecule has 1 fully saturated rings. The fraction of sp³-hybridized carbons (Fsp3) is 0.478. The average Bonchev–Trinajstić information content (AvgIpc) is 3.36. The van der Waals surface area contributed by atoms with Crippen LogP contribution in [0.25, 0.3) is 11.0 Å². The number of imidazole rings is 1. The molecule has 1 aliphatic rings. The Kier molecular flexibility index (Phi) is 5.79. The fourth-order valence-electron chi connectivity index (χ4n) is 4.37. The van der Waals surface area contributed by atoms with Crippen LogP contribution < -0.4 is 0 Å². The number of rotatable bonds is 7. The number of hydrogen-bond donors (Lipinski definition) is 0. The first-order valence-electron chi connectivity index (χ1n) is 10.6. The predicted octanol–water partition coefficient (Wildman–Crippen LogP) is 4.69. The van der Waals surface area contributed by atoms with Crippen LogP contribution in [0.15, 0.2) is 48.8 Å². The number of carbonyl (C=O) groups is 1. The van der Waals surface area contributed by atoms with Crippen LogP contribution in [0.2, 0.25) is 0 Å². The molecule has 0 unspecified atom stereocenters. The molecule has 4 rings (SSSR count). The van der Waals surface area contributed by atoms with Gasteiger partial charge >= 0.3 is 0 Å². The van der Waals surface area contributed by atoms with Crippen molar-refractivity contribution in [1.82, 2.24) is 19.0 Å². The minimum Gasteiger partial charge on any atom is -0.354 e. The summed E-state index contributed by atoms with van der Waals surface area (Å²) in [6, 6.07) is 12.5. The van der Waals surface area contributed by atoms with Gasteiger partial charge in [0.05, 0.1) is 17.1 Å². The van der Waals surface area contributed by atoms with E-state index in [1.165, 1.54) is 0 Å². The maximum Gasteiger partial charge on any atom is 0.223 e. The van der Waals surface area contributed by atoms with E-state index in [-0.39, 0.29) is 11.9 Å². The number of carbonyl (C=O) groups excluding carboxylic acids is 1. The summed E-state index contributed by atoms with van der Waals surface area (Å²) >= 11 is 0. The summed E-state index contributed by atoms with van der Waals surface area (Å²) in [5, 5.41) is 0. The maximum atomic E-state index is 13.0. The summed E-state index contributed by atoms with van der Waals surface area (Å²) in [6.07, 6.45) is 11.3. The molecule has 1 saturated heterocycles. The van der Waals surface area contributed by atoms with Gasteiger partial charge in [-0.05, 0) is 56.4 Å². The Morgan fingerprint density at radius 1 is 1.07 bits per heavy atom. The second kappa shape index (κ2) is 8.63. The molecule has 0 saturated carbocycles. The number of amides is 1. The van der Waals surface area contributed by atoms with E-state index in [0.717, 1.165) is 68.5 Å². The van der Waals surface area contributed by atoms with E-state index in [1.54, 1.807) is 0 Å². The highest BCUT2D eigenvalue weighted by atomic mass is 16.2. The van der Waals surface area contributed by atoms with E-state index in [2.05, 4.69) is 57.7 Å². The van der Waals surface area contributed by atoms with Crippen molar-refractivity contribution in [3.63, 3.8) is 0 Å². The Hall–Kier alpha value is -2.56. The molecule has 5 nitrogen and oxygen atoms in total. The van der Waals surface area contributed by atoms with E-state index >= 15 is 0 Å². The van der Waals surface area contributed by atoms with Crippen molar-refractivity contribution < 1.29 is 4.79 Å². The third-order valence-electron chi connectivity index (χ3n) is 5.92. The summed E-state index contributed by atoms with van der Waals surface area (Å²) in [5.74, 6) is 1.32. The highest BCUT2D eigenvalue weighted by Crippen LogP contribution is 2.32. The highest BCUT2D eigenvalue weighted by molar-refractivity contribution is 5.78. The quantitative estimate of drug-likeness (QED) is 0.560. The van der Waals surface area contributed by atoms with Crippen molar-refractivity contribution in [2.24, 2.45) is 7.05 Å². The van der Waals surface area contributed by atoms with Crippen molar-refractivity contribution >= 4 is 16.9 Å². The molecule has 2 aromatic heterocycles. The Bertz CT molecular complexity index is 912. The third kappa shape index (κ3) is 3.98. The zero-order chi connectivity index (χ0) is 19.3. The standard InChI is InChI=1S/C23H30N4O/c1-25-20-12-5-4-11-19(20)24-23(25)21-13-6-8-18-27(21)22(28)14-3-2-7-15-26-16-9-10-17-26/h4-5,9-12,16-17,21H,2-3,6-8,13-15,18H2,1H3/t21-/m0/s1. The summed E-state index contributed by atoms with van der Waals surface area (Å²) in [5.41, 5.74) is 2.16. The average molecular weight is 379 g/mol. The lowest BCUT2D eigenvalue weighted by molar-refractivity contribution is -0.135. The van der Waals surface area contributed by atoms with Crippen LogP contribution in [-0.4, -0.2) is 31.5 Å². The van der Waals surface area contributed by atoms with Gasteiger partial charge in [-0.2, -0.15) is 0 Å². The Morgan fingerprint density at radius 2 is 1.89 bits per heavy atom. The number of hydrogen-bond acceptors (Lipinski definition) is 2. The topological polar surface area (TPSA) is 43.1 Å². The molecule has 0 N–H and O–H groups in total. The zero-order valence-electron chi connectivity index (χ0n) is 16.8. The molecule has 1 aromatic carbocycles. The Balaban J connectivity index is 1.37. The first-order chi connectivity index (χ1) is 13.7. The molecule has 0 aliphatic carbocycles. The van der Waals surface area contributed by atoms with Gasteiger partial charge in [0.25, 0.3) is 0 Å². The zero-order valence-corrected chi connectivity index (χ0v) is 16.8. The number of likely N-dealkylation sites (tertiary alicyclic amines) is 1. The van der Waals surface area contributed by atoms with E-state index < -0.39 is 0 Å². The van der Waals surface area contributed by atoms with Gasteiger partial charge in [0.15, 0.2) is 0 Å². The summed E-state index contributed by atoms with van der Waals surface area (Å²) in [4.78, 5) is 20.0. The van der Waals surface area contributed by atoms with Crippen LogP contribution in [0, 0.1) is 0 Å². The molecule has 0 radical (unpaired) electrons. The molecule has 28 heavy (non-hydrogen) atoms. The van der Waals surface area contributed by atoms with Crippen LogP contribution >= 0.6 is 0 Å². The van der Waals surface area contributed by atoms with Crippen molar-refractivity contribution in [3.05, 3.63) is 54.6 Å². The molecule has 5 heteroatoms. The molecule has 0 spiro atoms. The van der Waals surface area contributed by atoms with Crippen LogP contribution in [0.1, 0.15) is 56.8 Å². The molecular weight excluding hydrogens is 348 g/mol. The van der Waals surface area contributed by atoms with E-state index in [4.69, 9.17) is 4.98 Å². The maximum absolute atomic E-state index is 13.0. The fourth-order valence-corrected chi connectivity index (χ4v) is 4.37. The number of nitrogens with zero attached hydrogens (tertiary/aromatic N) is 4. The molecule has 1 amide bonds. The van der Waals surface area contributed by atoms with Gasteiger partial charge in [-0.25, -0.2) is 4.98 Å². The minimum absolute atomic E-state index is 0.110. The van der Waals surface area contributed by atoms with Gasteiger partial charge < -0.3 is 14.0 Å². The minimum atomic E-state index is 0.110. The van der Waals surface area contributed by atoms with Gasteiger partial charge in [-0.1, -0.05) is 18.6 Å². The lowest BCUT2D eigenvalue weighted by atomic mass is 10.00. The Morgan fingerprint density at radius 3 is 2.71 bits per heavy atom. The van der Waals surface area contributed by atoms with Gasteiger partial charge in [0.1, 0.15) is 5.82 Å². The first-order valence-corrected chi connectivity index (χ1v) is 10.6. The second-order valence-corrected chi connectivity index (χ2v) is 7.85. The van der Waals surface area contributed by atoms with Crippen LogP contribution in [0.4, 0.5) is 0 Å². The summed E-state index contributed by atoms with van der Waals surface area (Å²) < 4.78 is 4.37. The lowest BCUT2D eigenvalue weighted by Crippen LogP contribution is -2.39. The molecule has 3 aromatic rings. The van der Waals surface area contributed by atoms with Crippen molar-refractivity contribution in [2.45, 2.75) is 57.5 Å². The third-order valence-corrected chi connectivity index (χ3v) is 5.92. The monoisotopic (exact) mass is 378 g/mol. The molecule has 148 valence electrons. The van der Waals surface area contributed by atoms with Gasteiger partial charge in [0.2, 0.25) is 5.91 Å². The van der Waals surface area contributed by atoms with Crippen molar-refractivity contribution in [3.8, 4) is 0 Å². The van der Waals surface area contributed by atoms with Crippen LogP contribution in [0.5, 0.6) is 0 Å². The van der Waals surface area contributed by atoms with Crippen molar-refractivity contribution in [1.29, 1.82) is 0 Å². The van der Waals surface area contributed by atoms with Gasteiger partial charge in [-0.3, -0.25) is 4.79 Å². The number of benzene rings is 1. The Labute approximate surface area is 167 Å². The molecular formula is C23H30N4O. The second-order valence-electron chi connectivity index (χ2n) is 7.85. The van der Waals surface area contributed by atoms with E-state index in [0.29, 0.717) is 6.42 Å². The van der Waals surface area contributed by atoms with Crippen LogP contribution in [0.3, 0.4) is 0 Å². The largest absolute Gasteiger partial charge is 0.354 e. The summed E-state index contributed by atoms with van der Waals surface area (Å²) in [7, 11) is 2.07. The van der Waals surface area contributed by atoms with E-state index in [9.17, 15) is 4.79 Å². The van der Waals surface area contributed by atoms with E-state index in [1.807, 2.05) is 12.1 Å². The number of aryl methyl sites for hydroxylation is 2.